The highest BCUT2D eigenvalue weighted by atomic mass is 16.5. The normalized spacial score (nSPS) is 24.2. The fourth-order valence-corrected chi connectivity index (χ4v) is 1.50. The van der Waals surface area contributed by atoms with E-state index < -0.39 is 0 Å². The summed E-state index contributed by atoms with van der Waals surface area (Å²) in [5.41, 5.74) is 0.975. The molecular weight excluding hydrogens is 176 g/mol. The predicted octanol–water partition coefficient (Wildman–Crippen LogP) is 1.37. The molecule has 1 aliphatic rings. The van der Waals surface area contributed by atoms with E-state index in [1.165, 1.54) is 0 Å². The third-order valence-electron chi connectivity index (χ3n) is 2.76. The number of hydrogen-bond acceptors (Lipinski definition) is 2. The van der Waals surface area contributed by atoms with Gasteiger partial charge in [-0.25, -0.2) is 0 Å². The molecule has 0 saturated heterocycles. The van der Waals surface area contributed by atoms with Crippen molar-refractivity contribution in [3.05, 3.63) is 17.8 Å². The molecule has 0 aliphatic carbocycles. The fraction of sp³-hybridized carbons (Fsp3) is 0.545. The van der Waals surface area contributed by atoms with Crippen molar-refractivity contribution in [2.75, 3.05) is 11.9 Å². The maximum atomic E-state index is 5.95. The summed E-state index contributed by atoms with van der Waals surface area (Å²) in [6, 6.07) is 1.85. The predicted molar refractivity (Wildman–Crippen MR) is 53.4 cm³/mol. The van der Waals surface area contributed by atoms with E-state index >= 15 is 0 Å². The highest BCUT2D eigenvalue weighted by molar-refractivity contribution is 5.51. The highest BCUT2D eigenvalue weighted by Crippen LogP contribution is 2.32. The molecule has 0 amide bonds. The van der Waals surface area contributed by atoms with Crippen LogP contribution in [0.2, 0.25) is 0 Å². The molecule has 1 aliphatic heterocycles. The number of rotatable bonds is 1. The van der Waals surface area contributed by atoms with Crippen LogP contribution in [0.4, 0.5) is 5.82 Å². The van der Waals surface area contributed by atoms with Gasteiger partial charge < -0.3 is 4.74 Å². The van der Waals surface area contributed by atoms with Gasteiger partial charge in [0, 0.05) is 11.6 Å². The zero-order chi connectivity index (χ0) is 10.2. The molecule has 0 spiro atoms. The number of aryl methyl sites for hydroxylation is 1. The second kappa shape index (κ2) is 3.06. The van der Waals surface area contributed by atoms with Crippen LogP contribution in [-0.4, -0.2) is 12.1 Å². The van der Waals surface area contributed by atoms with Crippen molar-refractivity contribution in [1.29, 1.82) is 0 Å². The monoisotopic (exact) mass is 191 g/mol. The largest absolute Gasteiger partial charge is 0.474 e. The first kappa shape index (κ1) is 9.14. The minimum absolute atomic E-state index is 0.110. The first-order valence-corrected chi connectivity index (χ1v) is 4.95. The van der Waals surface area contributed by atoms with E-state index in [2.05, 4.69) is 30.3 Å². The molecule has 3 heteroatoms. The molecule has 2 heterocycles. The van der Waals surface area contributed by atoms with Crippen molar-refractivity contribution < 1.29 is 9.72 Å². The van der Waals surface area contributed by atoms with Gasteiger partial charge in [0.2, 0.25) is 5.75 Å². The van der Waals surface area contributed by atoms with Crippen LogP contribution in [0, 0.1) is 13.1 Å². The summed E-state index contributed by atoms with van der Waals surface area (Å²) in [5.74, 6) is 1.69. The van der Waals surface area contributed by atoms with Crippen molar-refractivity contribution in [2.45, 2.75) is 32.8 Å². The fourth-order valence-electron chi connectivity index (χ4n) is 1.50. The number of aromatic nitrogens is 1. The van der Waals surface area contributed by atoms with Crippen molar-refractivity contribution in [1.82, 2.24) is 0 Å². The SMILES string of the molecule is CCC1(C)CNc2[n+]#ccc(C)c2O1. The summed E-state index contributed by atoms with van der Waals surface area (Å²) in [6.07, 6.45) is 3.83. The van der Waals surface area contributed by atoms with Crippen LogP contribution in [0.5, 0.6) is 5.75 Å². The first-order valence-electron chi connectivity index (χ1n) is 4.95. The van der Waals surface area contributed by atoms with Gasteiger partial charge in [0.15, 0.2) is 6.20 Å². The van der Waals surface area contributed by atoms with Gasteiger partial charge in [-0.3, -0.25) is 5.32 Å². The number of nitrogens with zero attached hydrogens (tertiary/aromatic N) is 1. The Hall–Kier alpha value is -1.43. The van der Waals surface area contributed by atoms with Crippen LogP contribution in [-0.2, 0) is 0 Å². The number of hydrogen-bond donors (Lipinski definition) is 1. The third-order valence-corrected chi connectivity index (χ3v) is 2.76. The maximum Gasteiger partial charge on any atom is 0.421 e. The molecule has 14 heavy (non-hydrogen) atoms. The Kier molecular flexibility index (Phi) is 1.99. The summed E-state index contributed by atoms with van der Waals surface area (Å²) in [6.45, 7) is 7.06. The van der Waals surface area contributed by atoms with Gasteiger partial charge in [-0.05, 0) is 20.3 Å². The molecule has 0 bridgehead atoms. The van der Waals surface area contributed by atoms with Crippen LogP contribution < -0.4 is 15.0 Å². The van der Waals surface area contributed by atoms with Gasteiger partial charge in [0.25, 0.3) is 0 Å². The van der Waals surface area contributed by atoms with Crippen LogP contribution in [0.1, 0.15) is 25.8 Å². The Morgan fingerprint density at radius 3 is 3.21 bits per heavy atom. The van der Waals surface area contributed by atoms with E-state index in [4.69, 9.17) is 4.74 Å². The van der Waals surface area contributed by atoms with Crippen molar-refractivity contribution >= 4 is 5.82 Å². The van der Waals surface area contributed by atoms with Crippen LogP contribution in [0.15, 0.2) is 6.07 Å². The second-order valence-corrected chi connectivity index (χ2v) is 4.01. The van der Waals surface area contributed by atoms with E-state index in [-0.39, 0.29) is 5.60 Å². The zero-order valence-corrected chi connectivity index (χ0v) is 8.85. The van der Waals surface area contributed by atoms with E-state index in [1.807, 2.05) is 13.0 Å². The van der Waals surface area contributed by atoms with Crippen LogP contribution >= 0.6 is 0 Å². The lowest BCUT2D eigenvalue weighted by molar-refractivity contribution is -0.280. The Labute approximate surface area is 84.5 Å². The average Bonchev–Trinajstić information content (AvgIpc) is 2.20. The van der Waals surface area contributed by atoms with E-state index in [0.717, 1.165) is 30.1 Å². The van der Waals surface area contributed by atoms with Gasteiger partial charge >= 0.3 is 5.82 Å². The van der Waals surface area contributed by atoms with Crippen molar-refractivity contribution in [2.24, 2.45) is 0 Å². The molecule has 0 fully saturated rings. The molecule has 3 nitrogen and oxygen atoms in total. The van der Waals surface area contributed by atoms with Gasteiger partial charge in [0.05, 0.1) is 0 Å². The van der Waals surface area contributed by atoms with Crippen LogP contribution in [0.25, 0.3) is 0 Å². The molecule has 0 radical (unpaired) electrons. The summed E-state index contributed by atoms with van der Waals surface area (Å²) < 4.78 is 5.95. The molecular formula is C11H15N2O+. The number of ether oxygens (including phenoxy) is 1. The van der Waals surface area contributed by atoms with Gasteiger partial charge in [0.1, 0.15) is 12.1 Å². The standard InChI is InChI=1S/C11H14N2O/c1-4-11(3)7-13-10-9(14-11)8(2)5-6-12-10/h5H,4,7H2,1-3H3/p+1. The summed E-state index contributed by atoms with van der Waals surface area (Å²) in [7, 11) is 0. The van der Waals surface area contributed by atoms with Gasteiger partial charge in [-0.1, -0.05) is 6.92 Å². The van der Waals surface area contributed by atoms with Gasteiger partial charge in [-0.2, -0.15) is 0 Å². The maximum absolute atomic E-state index is 5.95. The summed E-state index contributed by atoms with van der Waals surface area (Å²) >= 11 is 0. The zero-order valence-electron chi connectivity index (χ0n) is 8.85. The topological polar surface area (TPSA) is 35.4 Å². The van der Waals surface area contributed by atoms with E-state index in [0.29, 0.717) is 0 Å². The quantitative estimate of drug-likeness (QED) is 0.728. The molecule has 1 unspecified atom stereocenters. The van der Waals surface area contributed by atoms with Crippen LogP contribution in [0.3, 0.4) is 0 Å². The van der Waals surface area contributed by atoms with E-state index in [1.54, 1.807) is 0 Å². The second-order valence-electron chi connectivity index (χ2n) is 4.01. The lowest BCUT2D eigenvalue weighted by Gasteiger charge is -2.30. The van der Waals surface area contributed by atoms with Crippen molar-refractivity contribution in [3.63, 3.8) is 0 Å². The molecule has 2 rings (SSSR count). The number of fused-ring (bicyclic) bond motifs is 1. The number of nitrogens with one attached hydrogen (secondary N) is 1. The molecule has 0 saturated carbocycles. The molecule has 1 atom stereocenters. The molecule has 1 N–H and O–H groups in total. The molecule has 1 aromatic rings. The first-order chi connectivity index (χ1) is 6.64. The van der Waals surface area contributed by atoms with E-state index in [9.17, 15) is 0 Å². The summed E-state index contributed by atoms with van der Waals surface area (Å²) in [4.78, 5) is 4.12. The average molecular weight is 191 g/mol. The smallest absolute Gasteiger partial charge is 0.421 e. The lowest BCUT2D eigenvalue weighted by Crippen LogP contribution is -2.43. The molecule has 1 aromatic heterocycles. The summed E-state index contributed by atoms with van der Waals surface area (Å²) in [5, 5.41) is 3.28. The third kappa shape index (κ3) is 1.37. The Morgan fingerprint density at radius 1 is 1.71 bits per heavy atom. The Bertz CT molecular complexity index is 351. The molecule has 74 valence electrons. The number of anilines is 1. The lowest BCUT2D eigenvalue weighted by atomic mass is 10.0. The molecule has 0 aromatic carbocycles. The van der Waals surface area contributed by atoms with Crippen molar-refractivity contribution in [3.8, 4) is 5.75 Å². The van der Waals surface area contributed by atoms with Gasteiger partial charge in [-0.15, -0.1) is 4.98 Å². The minimum atomic E-state index is -0.110. The Balaban J connectivity index is 2.38. The highest BCUT2D eigenvalue weighted by Gasteiger charge is 2.36. The minimum Gasteiger partial charge on any atom is -0.474 e. The Morgan fingerprint density at radius 2 is 2.50 bits per heavy atom.